The zero-order chi connectivity index (χ0) is 12.2. The van der Waals surface area contributed by atoms with E-state index in [1.807, 2.05) is 0 Å². The molecule has 0 aliphatic rings. The molecule has 0 aliphatic carbocycles. The van der Waals surface area contributed by atoms with Gasteiger partial charge in [-0.15, -0.1) is 0 Å². The van der Waals surface area contributed by atoms with Crippen LogP contribution in [0.4, 0.5) is 13.2 Å². The Morgan fingerprint density at radius 3 is 2.44 bits per heavy atom. The van der Waals surface area contributed by atoms with Gasteiger partial charge in [0.1, 0.15) is 0 Å². The van der Waals surface area contributed by atoms with Crippen molar-refractivity contribution >= 4 is 12.4 Å². The molecule has 0 radical (unpaired) electrons. The first kappa shape index (κ1) is 12.0. The van der Waals surface area contributed by atoms with Crippen LogP contribution in [-0.2, 0) is 6.18 Å². The average molecular weight is 225 g/mol. The van der Waals surface area contributed by atoms with E-state index < -0.39 is 11.7 Å². The Morgan fingerprint density at radius 1 is 1.25 bits per heavy atom. The summed E-state index contributed by atoms with van der Waals surface area (Å²) in [6, 6.07) is 4.47. The molecule has 5 heteroatoms. The summed E-state index contributed by atoms with van der Waals surface area (Å²) >= 11 is 0. The topological polar surface area (TPSA) is 40.9 Å². The lowest BCUT2D eigenvalue weighted by Gasteiger charge is -2.08. The Labute approximate surface area is 89.6 Å². The lowest BCUT2D eigenvalue weighted by Crippen LogP contribution is -2.05. The molecule has 16 heavy (non-hydrogen) atoms. The van der Waals surface area contributed by atoms with Gasteiger partial charge in [0.15, 0.2) is 6.29 Å². The minimum Gasteiger partial charge on any atom is -0.298 e. The molecule has 0 saturated heterocycles. The van der Waals surface area contributed by atoms with Crippen molar-refractivity contribution in [2.24, 2.45) is 0 Å². The van der Waals surface area contributed by atoms with Crippen LogP contribution in [0.25, 0.3) is 6.08 Å². The van der Waals surface area contributed by atoms with Crippen molar-refractivity contribution in [1.29, 1.82) is 5.26 Å². The Bertz CT molecular complexity index is 469. The molecule has 1 aromatic carbocycles. The largest absolute Gasteiger partial charge is 0.416 e. The fourth-order valence-corrected chi connectivity index (χ4v) is 1.13. The zero-order valence-corrected chi connectivity index (χ0v) is 7.95. The van der Waals surface area contributed by atoms with E-state index >= 15 is 0 Å². The molecule has 0 heterocycles. The number of aldehydes is 1. The molecule has 0 aliphatic heterocycles. The highest BCUT2D eigenvalue weighted by atomic mass is 19.4. The maximum absolute atomic E-state index is 12.3. The van der Waals surface area contributed by atoms with Crippen LogP contribution in [0.5, 0.6) is 0 Å². The van der Waals surface area contributed by atoms with E-state index in [0.29, 0.717) is 6.29 Å². The molecule has 0 aromatic heterocycles. The summed E-state index contributed by atoms with van der Waals surface area (Å²) in [7, 11) is 0. The Balaban J connectivity index is 3.23. The fourth-order valence-electron chi connectivity index (χ4n) is 1.13. The van der Waals surface area contributed by atoms with Gasteiger partial charge in [0.05, 0.1) is 11.6 Å². The Hall–Kier alpha value is -2.09. The smallest absolute Gasteiger partial charge is 0.298 e. The summed E-state index contributed by atoms with van der Waals surface area (Å²) in [6.45, 7) is 0. The quantitative estimate of drug-likeness (QED) is 0.573. The van der Waals surface area contributed by atoms with E-state index in [0.717, 1.165) is 24.3 Å². The number of rotatable bonds is 2. The van der Waals surface area contributed by atoms with Gasteiger partial charge in [-0.2, -0.15) is 18.4 Å². The normalized spacial score (nSPS) is 11.4. The van der Waals surface area contributed by atoms with Crippen LogP contribution in [-0.4, -0.2) is 6.29 Å². The molecule has 0 fully saturated rings. The average Bonchev–Trinajstić information content (AvgIpc) is 2.24. The van der Waals surface area contributed by atoms with Crippen molar-refractivity contribution in [1.82, 2.24) is 0 Å². The third kappa shape index (κ3) is 2.70. The van der Waals surface area contributed by atoms with Crippen LogP contribution in [0.3, 0.4) is 0 Å². The van der Waals surface area contributed by atoms with Crippen molar-refractivity contribution in [3.05, 3.63) is 41.0 Å². The van der Waals surface area contributed by atoms with E-state index in [-0.39, 0.29) is 11.1 Å². The highest BCUT2D eigenvalue weighted by molar-refractivity contribution is 5.82. The van der Waals surface area contributed by atoms with Gasteiger partial charge in [0.2, 0.25) is 0 Å². The summed E-state index contributed by atoms with van der Waals surface area (Å²) in [5, 5.41) is 8.27. The molecule has 1 aromatic rings. The third-order valence-corrected chi connectivity index (χ3v) is 1.88. The molecule has 82 valence electrons. The predicted octanol–water partition coefficient (Wildman–Crippen LogP) is 3.05. The molecule has 0 amide bonds. The van der Waals surface area contributed by atoms with E-state index in [1.54, 1.807) is 6.07 Å². The van der Waals surface area contributed by atoms with Crippen LogP contribution in [0, 0.1) is 11.3 Å². The molecular weight excluding hydrogens is 219 g/mol. The minimum atomic E-state index is -4.48. The molecule has 0 bridgehead atoms. The molecular formula is C11H6F3NO. The molecule has 0 spiro atoms. The number of benzene rings is 1. The maximum Gasteiger partial charge on any atom is 0.416 e. The first-order valence-electron chi connectivity index (χ1n) is 4.21. The third-order valence-electron chi connectivity index (χ3n) is 1.88. The zero-order valence-electron chi connectivity index (χ0n) is 7.95. The summed E-state index contributed by atoms with van der Waals surface area (Å²) < 4.78 is 36.9. The van der Waals surface area contributed by atoms with E-state index in [9.17, 15) is 18.0 Å². The van der Waals surface area contributed by atoms with Crippen molar-refractivity contribution in [3.8, 4) is 6.07 Å². The van der Waals surface area contributed by atoms with Gasteiger partial charge in [0.25, 0.3) is 0 Å². The summed E-state index contributed by atoms with van der Waals surface area (Å²) in [6.07, 6.45) is -1.78. The maximum atomic E-state index is 12.3. The number of carbonyl (C=O) groups excluding carboxylic acids is 1. The number of nitriles is 1. The lowest BCUT2D eigenvalue weighted by atomic mass is 10.0. The molecule has 0 unspecified atom stereocenters. The minimum absolute atomic E-state index is 0.0960. The molecule has 0 saturated carbocycles. The second-order valence-electron chi connectivity index (χ2n) is 2.92. The van der Waals surface area contributed by atoms with Crippen LogP contribution in [0.2, 0.25) is 0 Å². The van der Waals surface area contributed by atoms with Crippen molar-refractivity contribution < 1.29 is 18.0 Å². The lowest BCUT2D eigenvalue weighted by molar-refractivity contribution is -0.137. The monoisotopic (exact) mass is 225 g/mol. The van der Waals surface area contributed by atoms with Crippen LogP contribution < -0.4 is 0 Å². The van der Waals surface area contributed by atoms with Crippen molar-refractivity contribution in [2.45, 2.75) is 6.18 Å². The first-order chi connectivity index (χ1) is 7.49. The van der Waals surface area contributed by atoms with Gasteiger partial charge in [-0.1, -0.05) is 6.07 Å². The van der Waals surface area contributed by atoms with Crippen molar-refractivity contribution in [2.75, 3.05) is 0 Å². The second-order valence-corrected chi connectivity index (χ2v) is 2.92. The number of nitrogens with zero attached hydrogens (tertiary/aromatic N) is 1. The number of hydrogen-bond acceptors (Lipinski definition) is 2. The highest BCUT2D eigenvalue weighted by Gasteiger charge is 2.30. The van der Waals surface area contributed by atoms with Gasteiger partial charge in [0, 0.05) is 11.6 Å². The van der Waals surface area contributed by atoms with Gasteiger partial charge >= 0.3 is 6.18 Å². The fraction of sp³-hybridized carbons (Fsp3) is 0.0909. The number of allylic oxidation sites excluding steroid dienone is 1. The number of hydrogen-bond donors (Lipinski definition) is 0. The van der Waals surface area contributed by atoms with E-state index in [2.05, 4.69) is 0 Å². The number of carbonyl (C=O) groups is 1. The van der Waals surface area contributed by atoms with Crippen LogP contribution >= 0.6 is 0 Å². The number of alkyl halides is 3. The molecule has 1 rings (SSSR count). The summed E-state index contributed by atoms with van der Waals surface area (Å²) in [5.41, 5.74) is -0.699. The van der Waals surface area contributed by atoms with Gasteiger partial charge in [-0.25, -0.2) is 0 Å². The molecule has 2 nitrogen and oxygen atoms in total. The van der Waals surface area contributed by atoms with Crippen LogP contribution in [0.1, 0.15) is 21.5 Å². The molecule has 0 N–H and O–H groups in total. The standard InChI is InChI=1S/C11H6F3NO/c12-11(13,14)10-4-3-8(2-1-5-15)9(6-10)7-16/h1-4,6-7H. The summed E-state index contributed by atoms with van der Waals surface area (Å²) in [5.74, 6) is 0. The first-order valence-corrected chi connectivity index (χ1v) is 4.21. The van der Waals surface area contributed by atoms with Crippen LogP contribution in [0.15, 0.2) is 24.3 Å². The highest BCUT2D eigenvalue weighted by Crippen LogP contribution is 2.30. The van der Waals surface area contributed by atoms with E-state index in [4.69, 9.17) is 5.26 Å². The van der Waals surface area contributed by atoms with Gasteiger partial charge < -0.3 is 0 Å². The SMILES string of the molecule is N#CC=Cc1ccc(C(F)(F)F)cc1C=O. The van der Waals surface area contributed by atoms with Gasteiger partial charge in [-0.3, -0.25) is 4.79 Å². The Morgan fingerprint density at radius 2 is 1.94 bits per heavy atom. The van der Waals surface area contributed by atoms with Crippen molar-refractivity contribution in [3.63, 3.8) is 0 Å². The number of halogens is 3. The van der Waals surface area contributed by atoms with Gasteiger partial charge in [-0.05, 0) is 23.8 Å². The molecule has 0 atom stereocenters. The summed E-state index contributed by atoms with van der Waals surface area (Å²) in [4.78, 5) is 10.6. The van der Waals surface area contributed by atoms with E-state index in [1.165, 1.54) is 6.08 Å². The Kier molecular flexibility index (Phi) is 3.46. The second kappa shape index (κ2) is 4.62. The predicted molar refractivity (Wildman–Crippen MR) is 51.5 cm³/mol.